The van der Waals surface area contributed by atoms with Gasteiger partial charge in [0.2, 0.25) is 0 Å². The molecule has 4 heteroatoms. The zero-order chi connectivity index (χ0) is 16.8. The summed E-state index contributed by atoms with van der Waals surface area (Å²) >= 11 is 0. The highest BCUT2D eigenvalue weighted by Gasteiger charge is 2.39. The van der Waals surface area contributed by atoms with Gasteiger partial charge in [0.05, 0.1) is 6.04 Å². The largest absolute Gasteiger partial charge is 0.324 e. The van der Waals surface area contributed by atoms with E-state index in [1.807, 2.05) is 0 Å². The Hall–Kier alpha value is -1.97. The normalized spacial score (nSPS) is 24.8. The third-order valence-corrected chi connectivity index (χ3v) is 5.81. The number of allylic oxidation sites excluding steroid dienone is 1. The molecule has 0 spiro atoms. The predicted octanol–water partition coefficient (Wildman–Crippen LogP) is 4.12. The number of fused-ring (bicyclic) bond motifs is 1. The van der Waals surface area contributed by atoms with Gasteiger partial charge in [-0.2, -0.15) is 0 Å². The lowest BCUT2D eigenvalue weighted by Gasteiger charge is -2.30. The van der Waals surface area contributed by atoms with Crippen molar-refractivity contribution in [2.45, 2.75) is 63.5 Å². The summed E-state index contributed by atoms with van der Waals surface area (Å²) in [5.74, 6) is -0.108. The van der Waals surface area contributed by atoms with E-state index in [1.54, 1.807) is 11.0 Å². The molecule has 2 aliphatic carbocycles. The summed E-state index contributed by atoms with van der Waals surface area (Å²) in [4.78, 5) is 26.9. The Morgan fingerprint density at radius 3 is 2.58 bits per heavy atom. The average Bonchev–Trinajstić information content (AvgIpc) is 3.17. The number of carbonyl (C=O) groups excluding carboxylic acids is 2. The molecule has 24 heavy (non-hydrogen) atoms. The Kier molecular flexibility index (Phi) is 3.78. The number of carbonyl (C=O) groups is 2. The second kappa shape index (κ2) is 5.83. The number of Topliss-reactive ketones (excluding diaryl/α,β-unsaturated/α-hetero) is 1. The van der Waals surface area contributed by atoms with Crippen molar-refractivity contribution in [2.75, 3.05) is 0 Å². The fourth-order valence-corrected chi connectivity index (χ4v) is 4.56. The molecular formula is C20H22FNO2. The van der Waals surface area contributed by atoms with Crippen molar-refractivity contribution in [1.82, 2.24) is 4.90 Å². The van der Waals surface area contributed by atoms with Crippen LogP contribution in [0.5, 0.6) is 0 Å². The minimum Gasteiger partial charge on any atom is -0.324 e. The second-order valence-corrected chi connectivity index (χ2v) is 7.38. The Morgan fingerprint density at radius 2 is 1.88 bits per heavy atom. The van der Waals surface area contributed by atoms with Crippen molar-refractivity contribution in [3.05, 3.63) is 46.8 Å². The van der Waals surface area contributed by atoms with Crippen LogP contribution in [0.4, 0.5) is 4.39 Å². The molecule has 1 aromatic carbocycles. The summed E-state index contributed by atoms with van der Waals surface area (Å²) in [5.41, 5.74) is 3.35. The van der Waals surface area contributed by atoms with Crippen LogP contribution in [0.25, 0.3) is 0 Å². The number of benzene rings is 1. The zero-order valence-corrected chi connectivity index (χ0v) is 13.8. The monoisotopic (exact) mass is 327 g/mol. The second-order valence-electron chi connectivity index (χ2n) is 7.38. The van der Waals surface area contributed by atoms with E-state index >= 15 is 0 Å². The standard InChI is InChI=1S/C20H22FNO2/c1-12-6-7-18(19(23)8-12)22-11-17-15(13-4-2-3-5-13)9-14(21)10-16(17)20(22)24/h9-10,13,18H,1-8,11H2. The van der Waals surface area contributed by atoms with Gasteiger partial charge in [-0.25, -0.2) is 4.39 Å². The topological polar surface area (TPSA) is 37.4 Å². The molecule has 1 amide bonds. The van der Waals surface area contributed by atoms with Gasteiger partial charge in [-0.3, -0.25) is 9.59 Å². The molecular weight excluding hydrogens is 305 g/mol. The molecule has 4 rings (SSSR count). The van der Waals surface area contributed by atoms with Crippen LogP contribution in [0.2, 0.25) is 0 Å². The summed E-state index contributed by atoms with van der Waals surface area (Å²) in [6.07, 6.45) is 6.22. The molecule has 3 nitrogen and oxygen atoms in total. The number of halogens is 1. The zero-order valence-electron chi connectivity index (χ0n) is 13.8. The lowest BCUT2D eigenvalue weighted by Crippen LogP contribution is -2.43. The van der Waals surface area contributed by atoms with Crippen molar-refractivity contribution >= 4 is 11.7 Å². The highest BCUT2D eigenvalue weighted by atomic mass is 19.1. The third-order valence-electron chi connectivity index (χ3n) is 5.81. The Labute approximate surface area is 141 Å². The Balaban J connectivity index is 1.68. The minimum absolute atomic E-state index is 0.0651. The molecule has 126 valence electrons. The first-order valence-corrected chi connectivity index (χ1v) is 8.87. The van der Waals surface area contributed by atoms with E-state index in [-0.39, 0.29) is 23.5 Å². The predicted molar refractivity (Wildman–Crippen MR) is 89.3 cm³/mol. The minimum atomic E-state index is -0.380. The van der Waals surface area contributed by atoms with Crippen molar-refractivity contribution in [1.29, 1.82) is 0 Å². The maximum absolute atomic E-state index is 14.1. The SMILES string of the molecule is C=C1CCC(N2Cc3c(cc(F)cc3C3CCCC3)C2=O)C(=O)C1. The number of ketones is 1. The summed E-state index contributed by atoms with van der Waals surface area (Å²) in [6, 6.07) is 2.58. The molecule has 1 unspecified atom stereocenters. The van der Waals surface area contributed by atoms with Crippen LogP contribution >= 0.6 is 0 Å². The van der Waals surface area contributed by atoms with Crippen LogP contribution < -0.4 is 0 Å². The molecule has 3 aliphatic rings. The first-order chi connectivity index (χ1) is 11.5. The third kappa shape index (κ3) is 2.48. The molecule has 2 saturated carbocycles. The number of amides is 1. The molecule has 0 radical (unpaired) electrons. The first kappa shape index (κ1) is 15.6. The van der Waals surface area contributed by atoms with E-state index in [0.717, 1.165) is 48.8 Å². The van der Waals surface area contributed by atoms with E-state index in [2.05, 4.69) is 6.58 Å². The van der Waals surface area contributed by atoms with Crippen LogP contribution in [0.15, 0.2) is 24.3 Å². The number of hydrogen-bond donors (Lipinski definition) is 0. The summed E-state index contributed by atoms with van der Waals surface area (Å²) < 4.78 is 14.1. The van der Waals surface area contributed by atoms with Crippen LogP contribution in [0, 0.1) is 5.82 Å². The van der Waals surface area contributed by atoms with Crippen LogP contribution in [-0.2, 0) is 11.3 Å². The van der Waals surface area contributed by atoms with E-state index in [1.165, 1.54) is 6.07 Å². The number of rotatable bonds is 2. The molecule has 0 bridgehead atoms. The Morgan fingerprint density at radius 1 is 1.12 bits per heavy atom. The number of nitrogens with zero attached hydrogens (tertiary/aromatic N) is 1. The van der Waals surface area contributed by atoms with Crippen LogP contribution in [0.1, 0.15) is 72.3 Å². The van der Waals surface area contributed by atoms with Crippen molar-refractivity contribution in [3.63, 3.8) is 0 Å². The molecule has 1 heterocycles. The van der Waals surface area contributed by atoms with Gasteiger partial charge in [-0.05, 0) is 54.9 Å². The molecule has 1 aliphatic heterocycles. The fourth-order valence-electron chi connectivity index (χ4n) is 4.56. The van der Waals surface area contributed by atoms with E-state index < -0.39 is 0 Å². The van der Waals surface area contributed by atoms with E-state index in [4.69, 9.17) is 0 Å². The molecule has 1 aromatic rings. The quantitative estimate of drug-likeness (QED) is 0.766. The van der Waals surface area contributed by atoms with Gasteiger partial charge >= 0.3 is 0 Å². The molecule has 0 N–H and O–H groups in total. The maximum Gasteiger partial charge on any atom is 0.255 e. The van der Waals surface area contributed by atoms with Gasteiger partial charge < -0.3 is 4.90 Å². The Bertz CT molecular complexity index is 733. The molecule has 2 fully saturated rings. The fraction of sp³-hybridized carbons (Fsp3) is 0.500. The molecule has 0 aromatic heterocycles. The van der Waals surface area contributed by atoms with Crippen molar-refractivity contribution in [2.24, 2.45) is 0 Å². The summed E-state index contributed by atoms with van der Waals surface area (Å²) in [6.45, 7) is 4.34. The van der Waals surface area contributed by atoms with Crippen LogP contribution in [-0.4, -0.2) is 22.6 Å². The van der Waals surface area contributed by atoms with Gasteiger partial charge in [0.1, 0.15) is 5.82 Å². The molecule has 1 atom stereocenters. The smallest absolute Gasteiger partial charge is 0.255 e. The van der Waals surface area contributed by atoms with Gasteiger partial charge in [0, 0.05) is 18.5 Å². The van der Waals surface area contributed by atoms with E-state index in [9.17, 15) is 14.0 Å². The van der Waals surface area contributed by atoms with Crippen molar-refractivity contribution in [3.8, 4) is 0 Å². The molecule has 0 saturated heterocycles. The highest BCUT2D eigenvalue weighted by molar-refractivity contribution is 6.02. The van der Waals surface area contributed by atoms with E-state index in [0.29, 0.717) is 30.9 Å². The van der Waals surface area contributed by atoms with Gasteiger partial charge in [-0.1, -0.05) is 25.0 Å². The highest BCUT2D eigenvalue weighted by Crippen LogP contribution is 2.41. The first-order valence-electron chi connectivity index (χ1n) is 8.87. The maximum atomic E-state index is 14.1. The lowest BCUT2D eigenvalue weighted by molar-refractivity contribution is -0.124. The van der Waals surface area contributed by atoms with Crippen molar-refractivity contribution < 1.29 is 14.0 Å². The number of hydrogen-bond acceptors (Lipinski definition) is 2. The van der Waals surface area contributed by atoms with Gasteiger partial charge in [0.25, 0.3) is 5.91 Å². The van der Waals surface area contributed by atoms with Gasteiger partial charge in [0.15, 0.2) is 5.78 Å². The van der Waals surface area contributed by atoms with Gasteiger partial charge in [-0.15, -0.1) is 0 Å². The summed E-state index contributed by atoms with van der Waals surface area (Å²) in [5, 5.41) is 0. The average molecular weight is 327 g/mol. The summed E-state index contributed by atoms with van der Waals surface area (Å²) in [7, 11) is 0. The van der Waals surface area contributed by atoms with Crippen LogP contribution in [0.3, 0.4) is 0 Å². The lowest BCUT2D eigenvalue weighted by atomic mass is 9.89.